The van der Waals surface area contributed by atoms with E-state index in [1.54, 1.807) is 0 Å². The van der Waals surface area contributed by atoms with Crippen LogP contribution in [-0.4, -0.2) is 24.7 Å². The summed E-state index contributed by atoms with van der Waals surface area (Å²) >= 11 is 5.88. The monoisotopic (exact) mass is 337 g/mol. The predicted octanol–water partition coefficient (Wildman–Crippen LogP) is 3.12. The lowest BCUT2D eigenvalue weighted by molar-refractivity contribution is -0.274. The van der Waals surface area contributed by atoms with Crippen LogP contribution < -0.4 is 15.9 Å². The number of ether oxygens (including phenoxy) is 1. The minimum Gasteiger partial charge on any atom is -0.406 e. The summed E-state index contributed by atoms with van der Waals surface area (Å²) in [6.07, 6.45) is -4.83. The van der Waals surface area contributed by atoms with Crippen molar-refractivity contribution in [3.05, 3.63) is 17.2 Å². The van der Waals surface area contributed by atoms with Gasteiger partial charge < -0.3 is 19.8 Å². The Morgan fingerprint density at radius 2 is 1.64 bits per heavy atom. The second-order valence-corrected chi connectivity index (χ2v) is 6.45. The van der Waals surface area contributed by atoms with Gasteiger partial charge in [-0.05, 0) is 33.8 Å². The van der Waals surface area contributed by atoms with Crippen LogP contribution in [0.3, 0.4) is 0 Å². The standard InChI is InChI=1S/C13H16BClF3NO3/c1-11(2)12(3,4)22-14(21-11)8-5-7(20-13(16,17)18)6-9(15)10(8)19/h5-6H,19H2,1-4H3. The molecule has 4 nitrogen and oxygen atoms in total. The van der Waals surface area contributed by atoms with Gasteiger partial charge in [0.1, 0.15) is 5.75 Å². The van der Waals surface area contributed by atoms with Crippen LogP contribution in [0.15, 0.2) is 12.1 Å². The molecule has 2 N–H and O–H groups in total. The fourth-order valence-electron chi connectivity index (χ4n) is 1.97. The zero-order chi connectivity index (χ0) is 16.9. The topological polar surface area (TPSA) is 53.7 Å². The zero-order valence-electron chi connectivity index (χ0n) is 12.5. The molecule has 1 fully saturated rings. The van der Waals surface area contributed by atoms with E-state index in [0.717, 1.165) is 12.1 Å². The summed E-state index contributed by atoms with van der Waals surface area (Å²) in [7, 11) is -0.931. The summed E-state index contributed by atoms with van der Waals surface area (Å²) in [5.41, 5.74) is 4.82. The minimum absolute atomic E-state index is 0.0635. The fraction of sp³-hybridized carbons (Fsp3) is 0.538. The zero-order valence-corrected chi connectivity index (χ0v) is 13.3. The highest BCUT2D eigenvalue weighted by Gasteiger charge is 2.52. The van der Waals surface area contributed by atoms with Crippen LogP contribution in [-0.2, 0) is 9.31 Å². The molecule has 9 heteroatoms. The Bertz CT molecular complexity index is 577. The molecule has 0 unspecified atom stereocenters. The number of hydrogen-bond donors (Lipinski definition) is 1. The summed E-state index contributed by atoms with van der Waals surface area (Å²) < 4.78 is 52.5. The molecule has 1 aliphatic rings. The first-order valence-corrected chi connectivity index (χ1v) is 6.90. The molecular formula is C13H16BClF3NO3. The van der Waals surface area contributed by atoms with Gasteiger partial charge in [-0.2, -0.15) is 0 Å². The maximum Gasteiger partial charge on any atom is 0.573 e. The molecule has 0 saturated carbocycles. The maximum absolute atomic E-state index is 12.4. The van der Waals surface area contributed by atoms with Crippen LogP contribution in [0.2, 0.25) is 5.02 Å². The average molecular weight is 338 g/mol. The quantitative estimate of drug-likeness (QED) is 0.665. The van der Waals surface area contributed by atoms with Crippen molar-refractivity contribution in [3.63, 3.8) is 0 Å². The minimum atomic E-state index is -4.83. The molecule has 1 saturated heterocycles. The van der Waals surface area contributed by atoms with Gasteiger partial charge in [-0.15, -0.1) is 13.2 Å². The van der Waals surface area contributed by atoms with E-state index in [9.17, 15) is 13.2 Å². The molecule has 2 rings (SSSR count). The Balaban J connectivity index is 2.40. The van der Waals surface area contributed by atoms with Crippen LogP contribution in [0.25, 0.3) is 0 Å². The van der Waals surface area contributed by atoms with E-state index in [0.29, 0.717) is 0 Å². The Kier molecular flexibility index (Phi) is 4.09. The second-order valence-electron chi connectivity index (χ2n) is 6.04. The number of alkyl halides is 3. The van der Waals surface area contributed by atoms with Crippen LogP contribution in [0.4, 0.5) is 18.9 Å². The SMILES string of the molecule is CC1(C)OB(c2cc(OC(F)(F)F)cc(Cl)c2N)OC1(C)C. The highest BCUT2D eigenvalue weighted by atomic mass is 35.5. The van der Waals surface area contributed by atoms with Gasteiger partial charge in [0.2, 0.25) is 0 Å². The van der Waals surface area contributed by atoms with E-state index < -0.39 is 30.4 Å². The number of nitrogens with two attached hydrogens (primary N) is 1. The van der Waals surface area contributed by atoms with E-state index in [-0.39, 0.29) is 16.2 Å². The summed E-state index contributed by atoms with van der Waals surface area (Å²) in [5.74, 6) is -0.476. The molecule has 1 aromatic carbocycles. The highest BCUT2D eigenvalue weighted by molar-refractivity contribution is 6.64. The van der Waals surface area contributed by atoms with Gasteiger partial charge in [0.25, 0.3) is 0 Å². The third-order valence-electron chi connectivity index (χ3n) is 3.88. The Morgan fingerprint density at radius 1 is 1.14 bits per heavy atom. The highest BCUT2D eigenvalue weighted by Crippen LogP contribution is 2.38. The van der Waals surface area contributed by atoms with E-state index >= 15 is 0 Å². The van der Waals surface area contributed by atoms with Crippen molar-refractivity contribution in [2.45, 2.75) is 45.3 Å². The summed E-state index contributed by atoms with van der Waals surface area (Å²) in [6.45, 7) is 7.28. The third kappa shape index (κ3) is 3.28. The Morgan fingerprint density at radius 3 is 2.09 bits per heavy atom. The lowest BCUT2D eigenvalue weighted by Gasteiger charge is -2.32. The molecule has 1 aromatic rings. The largest absolute Gasteiger partial charge is 0.573 e. The predicted molar refractivity (Wildman–Crippen MR) is 78.3 cm³/mol. The number of halogens is 4. The molecule has 0 spiro atoms. The van der Waals surface area contributed by atoms with Crippen LogP contribution in [0, 0.1) is 0 Å². The van der Waals surface area contributed by atoms with Crippen LogP contribution in [0.1, 0.15) is 27.7 Å². The maximum atomic E-state index is 12.4. The van der Waals surface area contributed by atoms with Crippen LogP contribution in [0.5, 0.6) is 5.75 Å². The van der Waals surface area contributed by atoms with Crippen molar-refractivity contribution in [3.8, 4) is 5.75 Å². The number of hydrogen-bond acceptors (Lipinski definition) is 4. The number of anilines is 1. The third-order valence-corrected chi connectivity index (χ3v) is 4.19. The number of benzene rings is 1. The van der Waals surface area contributed by atoms with Gasteiger partial charge >= 0.3 is 13.5 Å². The van der Waals surface area contributed by atoms with Crippen molar-refractivity contribution >= 4 is 29.9 Å². The normalized spacial score (nSPS) is 20.3. The molecule has 1 aliphatic heterocycles. The average Bonchev–Trinajstić information content (AvgIpc) is 2.50. The Hall–Kier alpha value is -1.12. The summed E-state index contributed by atoms with van der Waals surface area (Å²) in [5, 5.41) is -0.0635. The molecule has 0 bridgehead atoms. The molecule has 0 aliphatic carbocycles. The molecule has 0 aromatic heterocycles. The van der Waals surface area contributed by atoms with E-state index in [1.807, 2.05) is 27.7 Å². The van der Waals surface area contributed by atoms with Gasteiger partial charge in [-0.25, -0.2) is 0 Å². The molecule has 22 heavy (non-hydrogen) atoms. The first-order valence-electron chi connectivity index (χ1n) is 6.53. The van der Waals surface area contributed by atoms with Gasteiger partial charge in [0, 0.05) is 11.5 Å². The summed E-state index contributed by atoms with van der Waals surface area (Å²) in [6, 6.07) is 2.12. The van der Waals surface area contributed by atoms with Gasteiger partial charge in [0.15, 0.2) is 0 Å². The second kappa shape index (κ2) is 5.21. The first kappa shape index (κ1) is 17.2. The molecule has 1 heterocycles. The van der Waals surface area contributed by atoms with Gasteiger partial charge in [-0.3, -0.25) is 0 Å². The van der Waals surface area contributed by atoms with Crippen molar-refractivity contribution in [1.82, 2.24) is 0 Å². The van der Waals surface area contributed by atoms with Crippen molar-refractivity contribution < 1.29 is 27.2 Å². The lowest BCUT2D eigenvalue weighted by Crippen LogP contribution is -2.41. The molecule has 0 atom stereocenters. The first-order chi connectivity index (χ1) is 9.82. The molecule has 0 amide bonds. The van der Waals surface area contributed by atoms with E-state index in [2.05, 4.69) is 4.74 Å². The van der Waals surface area contributed by atoms with Crippen molar-refractivity contribution in [2.75, 3.05) is 5.73 Å². The fourth-order valence-corrected chi connectivity index (χ4v) is 2.19. The van der Waals surface area contributed by atoms with Gasteiger partial charge in [0.05, 0.1) is 21.9 Å². The van der Waals surface area contributed by atoms with Crippen molar-refractivity contribution in [1.29, 1.82) is 0 Å². The lowest BCUT2D eigenvalue weighted by atomic mass is 9.77. The number of nitrogen functional groups attached to an aromatic ring is 1. The van der Waals surface area contributed by atoms with E-state index in [4.69, 9.17) is 26.6 Å². The molecule has 0 radical (unpaired) electrons. The van der Waals surface area contributed by atoms with Gasteiger partial charge in [-0.1, -0.05) is 11.6 Å². The van der Waals surface area contributed by atoms with E-state index in [1.165, 1.54) is 0 Å². The Labute approximate surface area is 131 Å². The smallest absolute Gasteiger partial charge is 0.406 e. The molecule has 122 valence electrons. The van der Waals surface area contributed by atoms with Crippen LogP contribution >= 0.6 is 11.6 Å². The van der Waals surface area contributed by atoms with Crippen molar-refractivity contribution in [2.24, 2.45) is 0 Å². The molecular weight excluding hydrogens is 321 g/mol. The number of rotatable bonds is 2. The summed E-state index contributed by atoms with van der Waals surface area (Å²) in [4.78, 5) is 0.